The predicted octanol–water partition coefficient (Wildman–Crippen LogP) is 3.24. The lowest BCUT2D eigenvalue weighted by molar-refractivity contribution is -0.136. The van der Waals surface area contributed by atoms with Crippen LogP contribution in [-0.4, -0.2) is 45.5 Å². The van der Waals surface area contributed by atoms with Crippen molar-refractivity contribution in [3.05, 3.63) is 65.5 Å². The van der Waals surface area contributed by atoms with Crippen LogP contribution in [0.2, 0.25) is 0 Å². The van der Waals surface area contributed by atoms with Crippen LogP contribution in [-0.2, 0) is 22.6 Å². The quantitative estimate of drug-likeness (QED) is 0.813. The highest BCUT2D eigenvalue weighted by atomic mass is 32.2. The number of ether oxygens (including phenoxy) is 1. The van der Waals surface area contributed by atoms with Crippen molar-refractivity contribution >= 4 is 17.7 Å². The third-order valence-electron chi connectivity index (χ3n) is 5.30. The van der Waals surface area contributed by atoms with Gasteiger partial charge in [-0.05, 0) is 36.1 Å². The van der Waals surface area contributed by atoms with Crippen molar-refractivity contribution < 1.29 is 9.53 Å². The summed E-state index contributed by atoms with van der Waals surface area (Å²) in [5.41, 5.74) is 3.44. The maximum absolute atomic E-state index is 12.6. The largest absolute Gasteiger partial charge is 0.373 e. The fraction of sp³-hybridized carbons (Fsp3) is 0.429. The van der Waals surface area contributed by atoms with Gasteiger partial charge >= 0.3 is 0 Å². The van der Waals surface area contributed by atoms with Crippen molar-refractivity contribution in [2.75, 3.05) is 18.8 Å². The van der Waals surface area contributed by atoms with Gasteiger partial charge in [-0.3, -0.25) is 9.78 Å². The van der Waals surface area contributed by atoms with E-state index in [9.17, 15) is 4.79 Å². The molecule has 4 nitrogen and oxygen atoms in total. The topological polar surface area (TPSA) is 42.4 Å². The number of nitrogens with zero attached hydrogens (tertiary/aromatic N) is 2. The normalized spacial score (nSPS) is 21.0. The first-order valence-corrected chi connectivity index (χ1v) is 10.1. The third-order valence-corrected chi connectivity index (χ3v) is 6.87. The molecular formula is C21H24N2O2S. The number of amides is 1. The Balaban J connectivity index is 1.25. The van der Waals surface area contributed by atoms with E-state index >= 15 is 0 Å². The minimum Gasteiger partial charge on any atom is -0.373 e. The third kappa shape index (κ3) is 3.79. The molecule has 2 aliphatic rings. The summed E-state index contributed by atoms with van der Waals surface area (Å²) in [5.74, 6) is 1.25. The van der Waals surface area contributed by atoms with E-state index in [1.165, 1.54) is 5.56 Å². The van der Waals surface area contributed by atoms with E-state index < -0.39 is 0 Å². The lowest BCUT2D eigenvalue weighted by Crippen LogP contribution is -2.61. The molecule has 1 atom stereocenters. The van der Waals surface area contributed by atoms with E-state index in [1.54, 1.807) is 6.20 Å². The van der Waals surface area contributed by atoms with Crippen LogP contribution >= 0.6 is 11.8 Å². The molecule has 2 fully saturated rings. The van der Waals surface area contributed by atoms with Crippen molar-refractivity contribution in [3.8, 4) is 0 Å². The minimum atomic E-state index is 0.209. The summed E-state index contributed by atoms with van der Waals surface area (Å²) in [6.45, 7) is 4.40. The van der Waals surface area contributed by atoms with Crippen molar-refractivity contribution in [2.24, 2.45) is 0 Å². The second-order valence-corrected chi connectivity index (χ2v) is 8.83. The standard InChI is InChI=1S/C21H24N2O2S/c1-16-5-2-3-7-18(16)9-20(24)23-14-21(15-23)10-19(13-26-21)25-12-17-6-4-8-22-11-17/h2-8,11,19H,9-10,12-15H2,1H3. The summed E-state index contributed by atoms with van der Waals surface area (Å²) >= 11 is 1.97. The van der Waals surface area contributed by atoms with E-state index in [1.807, 2.05) is 47.1 Å². The van der Waals surface area contributed by atoms with Crippen LogP contribution < -0.4 is 0 Å². The number of aryl methyl sites for hydroxylation is 1. The summed E-state index contributed by atoms with van der Waals surface area (Å²) in [4.78, 5) is 18.7. The Morgan fingerprint density at radius 1 is 1.31 bits per heavy atom. The first kappa shape index (κ1) is 17.6. The number of hydrogen-bond acceptors (Lipinski definition) is 4. The molecule has 1 unspecified atom stereocenters. The highest BCUT2D eigenvalue weighted by Gasteiger charge is 2.50. The molecule has 3 heterocycles. The molecular weight excluding hydrogens is 344 g/mol. The summed E-state index contributed by atoms with van der Waals surface area (Å²) < 4.78 is 6.27. The van der Waals surface area contributed by atoms with Gasteiger partial charge in [0, 0.05) is 31.2 Å². The fourth-order valence-electron chi connectivity index (χ4n) is 3.74. The van der Waals surface area contributed by atoms with Crippen LogP contribution in [0, 0.1) is 6.92 Å². The number of aromatic nitrogens is 1. The van der Waals surface area contributed by atoms with Crippen LogP contribution in [0.3, 0.4) is 0 Å². The van der Waals surface area contributed by atoms with Gasteiger partial charge in [-0.25, -0.2) is 0 Å². The van der Waals surface area contributed by atoms with Gasteiger partial charge in [-0.2, -0.15) is 0 Å². The molecule has 0 saturated carbocycles. The van der Waals surface area contributed by atoms with Crippen molar-refractivity contribution in [3.63, 3.8) is 0 Å². The van der Waals surface area contributed by atoms with Gasteiger partial charge in [0.2, 0.25) is 5.91 Å². The predicted molar refractivity (Wildman–Crippen MR) is 104 cm³/mol. The van der Waals surface area contributed by atoms with E-state index in [-0.39, 0.29) is 16.8 Å². The van der Waals surface area contributed by atoms with Crippen LogP contribution in [0.25, 0.3) is 0 Å². The molecule has 2 aromatic rings. The molecule has 0 radical (unpaired) electrons. The van der Waals surface area contributed by atoms with Gasteiger partial charge in [0.15, 0.2) is 0 Å². The molecule has 1 amide bonds. The summed E-state index contributed by atoms with van der Waals surface area (Å²) in [7, 11) is 0. The molecule has 0 bridgehead atoms. The summed E-state index contributed by atoms with van der Waals surface area (Å²) in [6.07, 6.45) is 5.45. The Bertz CT molecular complexity index is 775. The second-order valence-electron chi connectivity index (χ2n) is 7.35. The lowest BCUT2D eigenvalue weighted by Gasteiger charge is -2.47. The van der Waals surface area contributed by atoms with Gasteiger partial charge in [0.05, 0.1) is 23.9 Å². The van der Waals surface area contributed by atoms with E-state index in [0.29, 0.717) is 13.0 Å². The Morgan fingerprint density at radius 3 is 2.92 bits per heavy atom. The van der Waals surface area contributed by atoms with Crippen LogP contribution in [0.4, 0.5) is 0 Å². The average molecular weight is 369 g/mol. The molecule has 4 rings (SSSR count). The number of thioether (sulfide) groups is 1. The Kier molecular flexibility index (Phi) is 5.00. The molecule has 2 aliphatic heterocycles. The van der Waals surface area contributed by atoms with Crippen LogP contribution in [0.15, 0.2) is 48.8 Å². The fourth-order valence-corrected chi connectivity index (χ4v) is 5.29. The van der Waals surface area contributed by atoms with Gasteiger partial charge in [-0.15, -0.1) is 11.8 Å². The van der Waals surface area contributed by atoms with E-state index in [2.05, 4.69) is 24.0 Å². The van der Waals surface area contributed by atoms with Gasteiger partial charge in [0.1, 0.15) is 0 Å². The number of carbonyl (C=O) groups is 1. The molecule has 0 N–H and O–H groups in total. The summed E-state index contributed by atoms with van der Waals surface area (Å²) in [5, 5.41) is 0. The smallest absolute Gasteiger partial charge is 0.227 e. The van der Waals surface area contributed by atoms with Crippen molar-refractivity contribution in [1.29, 1.82) is 0 Å². The van der Waals surface area contributed by atoms with Crippen LogP contribution in [0.5, 0.6) is 0 Å². The molecule has 5 heteroatoms. The van der Waals surface area contributed by atoms with Crippen LogP contribution in [0.1, 0.15) is 23.1 Å². The highest BCUT2D eigenvalue weighted by Crippen LogP contribution is 2.46. The molecule has 1 aromatic heterocycles. The molecule has 2 saturated heterocycles. The second kappa shape index (κ2) is 7.41. The number of carbonyl (C=O) groups excluding carboxylic acids is 1. The zero-order valence-electron chi connectivity index (χ0n) is 15.1. The van der Waals surface area contributed by atoms with Gasteiger partial charge in [0.25, 0.3) is 0 Å². The van der Waals surface area contributed by atoms with Gasteiger partial charge in [-0.1, -0.05) is 30.3 Å². The monoisotopic (exact) mass is 368 g/mol. The molecule has 26 heavy (non-hydrogen) atoms. The first-order valence-electron chi connectivity index (χ1n) is 9.10. The Labute approximate surface area is 159 Å². The Hall–Kier alpha value is -1.85. The van der Waals surface area contributed by atoms with Crippen molar-refractivity contribution in [2.45, 2.75) is 37.2 Å². The zero-order chi connectivity index (χ0) is 18.0. The maximum Gasteiger partial charge on any atom is 0.227 e. The first-order chi connectivity index (χ1) is 12.6. The molecule has 136 valence electrons. The molecule has 1 spiro atoms. The number of benzene rings is 1. The van der Waals surface area contributed by atoms with Crippen molar-refractivity contribution in [1.82, 2.24) is 9.88 Å². The number of rotatable bonds is 5. The Morgan fingerprint density at radius 2 is 2.15 bits per heavy atom. The summed E-state index contributed by atoms with van der Waals surface area (Å²) in [6, 6.07) is 12.1. The van der Waals surface area contributed by atoms with E-state index in [4.69, 9.17) is 4.74 Å². The SMILES string of the molecule is Cc1ccccc1CC(=O)N1CC2(CC(OCc3cccnc3)CS2)C1. The molecule has 0 aliphatic carbocycles. The minimum absolute atomic E-state index is 0.209. The maximum atomic E-state index is 12.6. The number of hydrogen-bond donors (Lipinski definition) is 0. The van der Waals surface area contributed by atoms with E-state index in [0.717, 1.165) is 36.4 Å². The number of likely N-dealkylation sites (tertiary alicyclic amines) is 1. The number of pyridine rings is 1. The zero-order valence-corrected chi connectivity index (χ0v) is 15.9. The lowest BCUT2D eigenvalue weighted by atomic mass is 9.92. The average Bonchev–Trinajstić information content (AvgIpc) is 3.06. The molecule has 1 aromatic carbocycles. The van der Waals surface area contributed by atoms with Gasteiger partial charge < -0.3 is 9.64 Å². The highest BCUT2D eigenvalue weighted by molar-refractivity contribution is 8.01.